The highest BCUT2D eigenvalue weighted by Gasteiger charge is 2.10. The smallest absolute Gasteiger partial charge is 0.266 e. The molecule has 3 aromatic rings. The first-order chi connectivity index (χ1) is 10.7. The van der Waals surface area contributed by atoms with E-state index < -0.39 is 0 Å². The lowest BCUT2D eigenvalue weighted by atomic mass is 10.2. The Hall–Kier alpha value is -2.52. The summed E-state index contributed by atoms with van der Waals surface area (Å²) in [5.41, 5.74) is 7.00. The molecule has 0 spiro atoms. The van der Waals surface area contributed by atoms with E-state index in [0.29, 0.717) is 18.2 Å². The molecule has 4 rings (SSSR count). The zero-order valence-corrected chi connectivity index (χ0v) is 11.8. The lowest BCUT2D eigenvalue weighted by molar-refractivity contribution is -0.00535. The van der Waals surface area contributed by atoms with Gasteiger partial charge >= 0.3 is 0 Å². The molecule has 4 heterocycles. The summed E-state index contributed by atoms with van der Waals surface area (Å²) < 4.78 is 11.6. The van der Waals surface area contributed by atoms with Crippen LogP contribution < -0.4 is 5.73 Å². The number of aliphatic hydroxyl groups excluding tert-OH is 1. The zero-order valence-electron chi connectivity index (χ0n) is 11.8. The maximum Gasteiger partial charge on any atom is 0.266 e. The quantitative estimate of drug-likeness (QED) is 0.666. The number of hydrogen-bond donors (Lipinski definition) is 2. The van der Waals surface area contributed by atoms with Gasteiger partial charge in [-0.2, -0.15) is 0 Å². The van der Waals surface area contributed by atoms with Crippen molar-refractivity contribution in [3.8, 4) is 11.6 Å². The molecule has 9 heteroatoms. The van der Waals surface area contributed by atoms with Gasteiger partial charge in [-0.05, 0) is 25.0 Å². The van der Waals surface area contributed by atoms with Crippen LogP contribution in [0, 0.1) is 0 Å². The number of nitrogen functional groups attached to an aromatic ring is 1. The van der Waals surface area contributed by atoms with Crippen molar-refractivity contribution in [3.05, 3.63) is 24.7 Å². The molecule has 1 fully saturated rings. The molecule has 0 bridgehead atoms. The molecule has 0 amide bonds. The fourth-order valence-electron chi connectivity index (χ4n) is 2.08. The van der Waals surface area contributed by atoms with Crippen LogP contribution in [0.15, 0.2) is 29.1 Å². The third-order valence-electron chi connectivity index (χ3n) is 3.13. The fraction of sp³-hybridized carbons (Fsp3) is 0.385. The van der Waals surface area contributed by atoms with E-state index in [0.717, 1.165) is 25.0 Å². The second-order valence-corrected chi connectivity index (χ2v) is 4.79. The van der Waals surface area contributed by atoms with Gasteiger partial charge in [0.05, 0.1) is 24.4 Å². The highest BCUT2D eigenvalue weighted by molar-refractivity contribution is 5.59. The Morgan fingerprint density at radius 3 is 2.91 bits per heavy atom. The maximum absolute atomic E-state index is 8.78. The normalized spacial score (nSPS) is 18.0. The number of rotatable bonds is 1. The summed E-state index contributed by atoms with van der Waals surface area (Å²) in [6.45, 7) is 1.37. The molecule has 9 nitrogen and oxygen atoms in total. The van der Waals surface area contributed by atoms with Gasteiger partial charge < -0.3 is 20.0 Å². The van der Waals surface area contributed by atoms with Crippen molar-refractivity contribution in [3.63, 3.8) is 0 Å². The number of hydrogen-bond acceptors (Lipinski definition) is 8. The molecular formula is C13H16N6O3. The zero-order chi connectivity index (χ0) is 15.4. The Kier molecular flexibility index (Phi) is 4.26. The van der Waals surface area contributed by atoms with E-state index in [1.807, 2.05) is 12.1 Å². The van der Waals surface area contributed by atoms with Crippen molar-refractivity contribution in [1.29, 1.82) is 0 Å². The summed E-state index contributed by atoms with van der Waals surface area (Å²) in [7, 11) is 0. The molecule has 0 saturated carbocycles. The van der Waals surface area contributed by atoms with Crippen LogP contribution >= 0.6 is 0 Å². The van der Waals surface area contributed by atoms with Gasteiger partial charge in [0, 0.05) is 6.61 Å². The first-order valence-electron chi connectivity index (χ1n) is 6.86. The van der Waals surface area contributed by atoms with Gasteiger partial charge in [-0.1, -0.05) is 0 Å². The number of ether oxygens (including phenoxy) is 1. The first kappa shape index (κ1) is 14.4. The first-order valence-corrected chi connectivity index (χ1v) is 6.86. The largest absolute Gasteiger partial charge is 0.422 e. The second kappa shape index (κ2) is 6.50. The molecule has 0 radical (unpaired) electrons. The molecule has 22 heavy (non-hydrogen) atoms. The maximum atomic E-state index is 8.78. The van der Waals surface area contributed by atoms with Crippen LogP contribution in [-0.4, -0.2) is 49.2 Å². The van der Waals surface area contributed by atoms with E-state index in [1.54, 1.807) is 10.7 Å². The summed E-state index contributed by atoms with van der Waals surface area (Å²) in [6.07, 6.45) is 4.64. The lowest BCUT2D eigenvalue weighted by Crippen LogP contribution is -2.21. The Labute approximate surface area is 125 Å². The molecule has 3 aromatic heterocycles. The van der Waals surface area contributed by atoms with Gasteiger partial charge in [-0.3, -0.25) is 0 Å². The minimum atomic E-state index is -0.186. The Bertz CT molecular complexity index is 721. The van der Waals surface area contributed by atoms with Crippen LogP contribution in [-0.2, 0) is 4.74 Å². The SMILES string of the molecule is Nc1ncc2ccc(-c3nnco3)n2n1.OC1CCCOC1. The summed E-state index contributed by atoms with van der Waals surface area (Å²) in [5.74, 6) is 0.590. The molecule has 1 aliphatic rings. The molecular weight excluding hydrogens is 288 g/mol. The van der Waals surface area contributed by atoms with Crippen molar-refractivity contribution >= 4 is 11.5 Å². The van der Waals surface area contributed by atoms with Crippen LogP contribution in [0.2, 0.25) is 0 Å². The van der Waals surface area contributed by atoms with E-state index >= 15 is 0 Å². The highest BCUT2D eigenvalue weighted by Crippen LogP contribution is 2.18. The topological polar surface area (TPSA) is 125 Å². The third-order valence-corrected chi connectivity index (χ3v) is 3.13. The van der Waals surface area contributed by atoms with Crippen LogP contribution in [0.3, 0.4) is 0 Å². The van der Waals surface area contributed by atoms with Gasteiger partial charge in [0.15, 0.2) is 0 Å². The average molecular weight is 304 g/mol. The van der Waals surface area contributed by atoms with Gasteiger partial charge in [-0.25, -0.2) is 9.50 Å². The van der Waals surface area contributed by atoms with E-state index in [2.05, 4.69) is 20.3 Å². The second-order valence-electron chi connectivity index (χ2n) is 4.79. The van der Waals surface area contributed by atoms with Crippen molar-refractivity contribution in [2.75, 3.05) is 18.9 Å². The Balaban J connectivity index is 0.000000174. The Morgan fingerprint density at radius 1 is 1.36 bits per heavy atom. The summed E-state index contributed by atoms with van der Waals surface area (Å²) in [5, 5.41) is 20.2. The number of anilines is 1. The van der Waals surface area contributed by atoms with Gasteiger partial charge in [0.1, 0.15) is 5.69 Å². The third kappa shape index (κ3) is 3.21. The van der Waals surface area contributed by atoms with E-state index in [9.17, 15) is 0 Å². The van der Waals surface area contributed by atoms with Crippen LogP contribution in [0.25, 0.3) is 17.1 Å². The molecule has 0 aliphatic carbocycles. The minimum absolute atomic E-state index is 0.186. The predicted molar refractivity (Wildman–Crippen MR) is 76.8 cm³/mol. The van der Waals surface area contributed by atoms with E-state index in [1.165, 1.54) is 6.39 Å². The minimum Gasteiger partial charge on any atom is -0.422 e. The summed E-state index contributed by atoms with van der Waals surface area (Å²) in [4.78, 5) is 3.88. The van der Waals surface area contributed by atoms with Gasteiger partial charge in [0.25, 0.3) is 5.89 Å². The van der Waals surface area contributed by atoms with Crippen LogP contribution in [0.1, 0.15) is 12.8 Å². The highest BCUT2D eigenvalue weighted by atomic mass is 16.5. The molecule has 1 saturated heterocycles. The van der Waals surface area contributed by atoms with Crippen molar-refractivity contribution in [2.24, 2.45) is 0 Å². The standard InChI is InChI=1S/C8H6N6O.C5H10O2/c9-8-10-3-5-1-2-6(14(5)13-8)7-12-11-4-15-7;6-5-2-1-3-7-4-5/h1-4H,(H2,9,13);5-6H,1-4H2. The Morgan fingerprint density at radius 2 is 2.27 bits per heavy atom. The van der Waals surface area contributed by atoms with Crippen molar-refractivity contribution in [2.45, 2.75) is 18.9 Å². The monoisotopic (exact) mass is 304 g/mol. The molecule has 116 valence electrons. The van der Waals surface area contributed by atoms with Crippen LogP contribution in [0.5, 0.6) is 0 Å². The molecule has 0 aromatic carbocycles. The molecule has 3 N–H and O–H groups in total. The van der Waals surface area contributed by atoms with Crippen LogP contribution in [0.4, 0.5) is 5.95 Å². The summed E-state index contributed by atoms with van der Waals surface area (Å²) >= 11 is 0. The average Bonchev–Trinajstić information content (AvgIpc) is 3.17. The predicted octanol–water partition coefficient (Wildman–Crippen LogP) is 0.519. The van der Waals surface area contributed by atoms with Crippen molar-refractivity contribution < 1.29 is 14.3 Å². The fourth-order valence-corrected chi connectivity index (χ4v) is 2.08. The number of aromatic nitrogens is 5. The van der Waals surface area contributed by atoms with Crippen molar-refractivity contribution in [1.82, 2.24) is 24.8 Å². The molecule has 1 aliphatic heterocycles. The summed E-state index contributed by atoms with van der Waals surface area (Å²) in [6, 6.07) is 3.66. The van der Waals surface area contributed by atoms with E-state index in [-0.39, 0.29) is 12.1 Å². The number of nitrogens with zero attached hydrogens (tertiary/aromatic N) is 5. The van der Waals surface area contributed by atoms with E-state index in [4.69, 9.17) is 20.0 Å². The number of fused-ring (bicyclic) bond motifs is 1. The van der Waals surface area contributed by atoms with Gasteiger partial charge in [0.2, 0.25) is 12.3 Å². The molecule has 1 unspecified atom stereocenters. The lowest BCUT2D eigenvalue weighted by Gasteiger charge is -2.15. The van der Waals surface area contributed by atoms with Gasteiger partial charge in [-0.15, -0.1) is 15.3 Å². The number of aliphatic hydroxyl groups is 1. The number of nitrogens with two attached hydrogens (primary N) is 1. The molecule has 1 atom stereocenters.